The Morgan fingerprint density at radius 3 is 2.87 bits per heavy atom. The second-order valence-electron chi connectivity index (χ2n) is 10.2. The normalized spacial score (nSPS) is 18.8. The number of methoxy groups -OCH3 is 1. The van der Waals surface area contributed by atoms with Crippen LogP contribution in [0.2, 0.25) is 0 Å². The molecule has 2 N–H and O–H groups in total. The van der Waals surface area contributed by atoms with Gasteiger partial charge in [-0.2, -0.15) is 0 Å². The molecule has 4 bridgehead atoms. The van der Waals surface area contributed by atoms with E-state index in [0.717, 1.165) is 28.0 Å². The van der Waals surface area contributed by atoms with E-state index in [0.29, 0.717) is 36.8 Å². The monoisotopic (exact) mass is 526 g/mol. The van der Waals surface area contributed by atoms with Gasteiger partial charge in [0.15, 0.2) is 23.0 Å². The molecule has 0 aliphatic carbocycles. The van der Waals surface area contributed by atoms with Gasteiger partial charge in [0, 0.05) is 37.8 Å². The third-order valence-corrected chi connectivity index (χ3v) is 7.66. The van der Waals surface area contributed by atoms with Gasteiger partial charge in [-0.15, -0.1) is 0 Å². The van der Waals surface area contributed by atoms with Crippen LogP contribution in [-0.2, 0) is 22.4 Å². The molecule has 6 rings (SSSR count). The highest BCUT2D eigenvalue weighted by atomic mass is 16.5. The molecule has 2 aromatic carbocycles. The number of phenolic OH excluding ortho intramolecular Hbond substituents is 1. The number of aromatic nitrogens is 2. The number of pyridine rings is 1. The number of carbonyl (C=O) groups is 2. The molecule has 2 aliphatic heterocycles. The van der Waals surface area contributed by atoms with E-state index in [4.69, 9.17) is 9.47 Å². The van der Waals surface area contributed by atoms with Crippen LogP contribution in [0, 0.1) is 6.92 Å². The first-order valence-electron chi connectivity index (χ1n) is 13.1. The standard InChI is InChI=1S/C30H30N4O5/c1-18-4-3-11-34-21(15-31-30(18)34)14-29(37)33-16-22-20-7-9-25(38-2)27(13-20)39-26-12-19(5-8-24(26)35)6-10-28(36)32-23(22)17-33/h3-5,7-9,11-13,15,22-23,35H,6,10,14,16-17H2,1-2H3,(H,32,36)/t22-,23+/m0/s1. The molecule has 4 heterocycles. The van der Waals surface area contributed by atoms with E-state index in [1.54, 1.807) is 31.5 Å². The zero-order chi connectivity index (χ0) is 27.1. The number of hydrogen-bond donors (Lipinski definition) is 2. The van der Waals surface area contributed by atoms with Gasteiger partial charge in [0.2, 0.25) is 11.8 Å². The van der Waals surface area contributed by atoms with Gasteiger partial charge in [0.25, 0.3) is 0 Å². The van der Waals surface area contributed by atoms with E-state index in [1.807, 2.05) is 52.8 Å². The van der Waals surface area contributed by atoms with Crippen molar-refractivity contribution in [2.45, 2.75) is 38.1 Å². The summed E-state index contributed by atoms with van der Waals surface area (Å²) >= 11 is 0. The molecule has 2 amide bonds. The Balaban J connectivity index is 1.31. The molecule has 9 nitrogen and oxygen atoms in total. The average molecular weight is 527 g/mol. The summed E-state index contributed by atoms with van der Waals surface area (Å²) in [6.45, 7) is 2.85. The summed E-state index contributed by atoms with van der Waals surface area (Å²) in [5.41, 5.74) is 4.49. The Bertz CT molecular complexity index is 1580. The van der Waals surface area contributed by atoms with Crippen LogP contribution in [0.1, 0.15) is 34.7 Å². The average Bonchev–Trinajstić information content (AvgIpc) is 3.54. The first-order chi connectivity index (χ1) is 18.9. The van der Waals surface area contributed by atoms with Crippen LogP contribution in [0.5, 0.6) is 23.0 Å². The maximum Gasteiger partial charge on any atom is 0.228 e. The van der Waals surface area contributed by atoms with Crippen molar-refractivity contribution in [2.24, 2.45) is 0 Å². The summed E-state index contributed by atoms with van der Waals surface area (Å²) in [4.78, 5) is 32.8. The number of phenols is 1. The van der Waals surface area contributed by atoms with Gasteiger partial charge in [-0.3, -0.25) is 9.59 Å². The minimum atomic E-state index is -0.260. The topological polar surface area (TPSA) is 105 Å². The molecule has 2 aromatic heterocycles. The second kappa shape index (κ2) is 9.98. The van der Waals surface area contributed by atoms with E-state index in [2.05, 4.69) is 10.3 Å². The van der Waals surface area contributed by atoms with E-state index in [-0.39, 0.29) is 42.4 Å². The van der Waals surface area contributed by atoms with Crippen molar-refractivity contribution in [2.75, 3.05) is 20.2 Å². The summed E-state index contributed by atoms with van der Waals surface area (Å²) in [6, 6.07) is 14.4. The molecule has 2 atom stereocenters. The summed E-state index contributed by atoms with van der Waals surface area (Å²) in [5, 5.41) is 13.6. The fourth-order valence-corrected chi connectivity index (χ4v) is 5.55. The number of rotatable bonds is 3. The molecule has 0 saturated carbocycles. The fourth-order valence-electron chi connectivity index (χ4n) is 5.55. The number of nitrogens with zero attached hydrogens (tertiary/aromatic N) is 3. The van der Waals surface area contributed by atoms with Crippen LogP contribution in [0.3, 0.4) is 0 Å². The highest BCUT2D eigenvalue weighted by Crippen LogP contribution is 2.40. The van der Waals surface area contributed by atoms with Crippen LogP contribution in [0.15, 0.2) is 60.9 Å². The lowest BCUT2D eigenvalue weighted by Gasteiger charge is -2.21. The molecule has 0 radical (unpaired) electrons. The minimum Gasteiger partial charge on any atom is -0.504 e. The predicted octanol–water partition coefficient (Wildman–Crippen LogP) is 3.75. The van der Waals surface area contributed by atoms with Crippen molar-refractivity contribution in [1.82, 2.24) is 19.6 Å². The van der Waals surface area contributed by atoms with E-state index in [9.17, 15) is 14.7 Å². The molecule has 4 aromatic rings. The van der Waals surface area contributed by atoms with Crippen molar-refractivity contribution in [3.8, 4) is 23.0 Å². The molecule has 39 heavy (non-hydrogen) atoms. The van der Waals surface area contributed by atoms with E-state index >= 15 is 0 Å². The Morgan fingerprint density at radius 2 is 2.03 bits per heavy atom. The summed E-state index contributed by atoms with van der Waals surface area (Å²) < 4.78 is 13.6. The number of benzene rings is 2. The molecule has 1 saturated heterocycles. The van der Waals surface area contributed by atoms with Gasteiger partial charge >= 0.3 is 0 Å². The number of aryl methyl sites for hydroxylation is 2. The number of carbonyl (C=O) groups excluding carboxylic acids is 2. The molecule has 200 valence electrons. The Labute approximate surface area is 226 Å². The minimum absolute atomic E-state index is 0.00336. The molecule has 9 heteroatoms. The van der Waals surface area contributed by atoms with Crippen molar-refractivity contribution in [3.63, 3.8) is 0 Å². The third-order valence-electron chi connectivity index (χ3n) is 7.66. The molecule has 2 aliphatic rings. The number of aromatic hydroxyl groups is 1. The molecule has 0 unspecified atom stereocenters. The zero-order valence-electron chi connectivity index (χ0n) is 21.9. The van der Waals surface area contributed by atoms with Crippen LogP contribution in [0.25, 0.3) is 5.65 Å². The lowest BCUT2D eigenvalue weighted by atomic mass is 9.93. The van der Waals surface area contributed by atoms with Gasteiger partial charge in [-0.25, -0.2) is 4.98 Å². The number of imidazole rings is 1. The largest absolute Gasteiger partial charge is 0.504 e. The third kappa shape index (κ3) is 4.76. The molecular weight excluding hydrogens is 496 g/mol. The number of fused-ring (bicyclic) bond motifs is 7. The van der Waals surface area contributed by atoms with Crippen LogP contribution >= 0.6 is 0 Å². The number of likely N-dealkylation sites (tertiary alicyclic amines) is 1. The summed E-state index contributed by atoms with van der Waals surface area (Å²) in [5.74, 6) is 1.03. The van der Waals surface area contributed by atoms with Crippen molar-refractivity contribution < 1.29 is 24.2 Å². The van der Waals surface area contributed by atoms with Gasteiger partial charge in [0.1, 0.15) is 5.65 Å². The van der Waals surface area contributed by atoms with Crippen LogP contribution in [0.4, 0.5) is 0 Å². The summed E-state index contributed by atoms with van der Waals surface area (Å²) in [7, 11) is 1.56. The molecule has 0 spiro atoms. The Kier molecular flexibility index (Phi) is 6.34. The first-order valence-corrected chi connectivity index (χ1v) is 13.1. The highest BCUT2D eigenvalue weighted by molar-refractivity contribution is 5.80. The maximum atomic E-state index is 13.5. The molecule has 1 fully saturated rings. The lowest BCUT2D eigenvalue weighted by molar-refractivity contribution is -0.130. The smallest absolute Gasteiger partial charge is 0.228 e. The summed E-state index contributed by atoms with van der Waals surface area (Å²) in [6.07, 6.45) is 4.66. The van der Waals surface area contributed by atoms with Crippen LogP contribution < -0.4 is 14.8 Å². The maximum absolute atomic E-state index is 13.5. The van der Waals surface area contributed by atoms with Gasteiger partial charge in [-0.05, 0) is 60.4 Å². The van der Waals surface area contributed by atoms with Crippen molar-refractivity contribution in [3.05, 3.63) is 83.3 Å². The fraction of sp³-hybridized carbons (Fsp3) is 0.300. The number of nitrogens with one attached hydrogen (secondary N) is 1. The molecular formula is C30H30N4O5. The Morgan fingerprint density at radius 1 is 1.15 bits per heavy atom. The number of hydrogen-bond acceptors (Lipinski definition) is 6. The lowest BCUT2D eigenvalue weighted by Crippen LogP contribution is -2.40. The second-order valence-corrected chi connectivity index (χ2v) is 10.2. The van der Waals surface area contributed by atoms with Crippen LogP contribution in [-0.4, -0.2) is 57.4 Å². The predicted molar refractivity (Wildman–Crippen MR) is 144 cm³/mol. The number of ether oxygens (including phenoxy) is 2. The quantitative estimate of drug-likeness (QED) is 0.421. The van der Waals surface area contributed by atoms with Crippen molar-refractivity contribution >= 4 is 17.5 Å². The van der Waals surface area contributed by atoms with Gasteiger partial charge in [0.05, 0.1) is 25.3 Å². The van der Waals surface area contributed by atoms with Crippen molar-refractivity contribution in [1.29, 1.82) is 0 Å². The van der Waals surface area contributed by atoms with E-state index in [1.165, 1.54) is 0 Å². The first kappa shape index (κ1) is 24.8. The zero-order valence-corrected chi connectivity index (χ0v) is 21.9. The van der Waals surface area contributed by atoms with E-state index < -0.39 is 0 Å². The van der Waals surface area contributed by atoms with Gasteiger partial charge in [-0.1, -0.05) is 18.2 Å². The van der Waals surface area contributed by atoms with Gasteiger partial charge < -0.3 is 29.2 Å². The Hall–Kier alpha value is -4.53. The number of amides is 2. The highest BCUT2D eigenvalue weighted by Gasteiger charge is 2.37. The SMILES string of the molecule is COc1ccc2cc1Oc1cc(ccc1O)CCC(=O)N[C@@H]1CN(C(=O)Cc3cnc4c(C)cccn34)C[C@@H]21.